The van der Waals surface area contributed by atoms with E-state index in [2.05, 4.69) is 103 Å². The summed E-state index contributed by atoms with van der Waals surface area (Å²) in [6.07, 6.45) is 44.0. The third kappa shape index (κ3) is 27.6. The van der Waals surface area contributed by atoms with E-state index in [1.165, 1.54) is 81.0 Å². The second-order valence-electron chi connectivity index (χ2n) is 25.7. The fraction of sp³-hybridized carbons (Fsp3) is 0.314. The van der Waals surface area contributed by atoms with Crippen LogP contribution in [0.5, 0.6) is 0 Å². The molecule has 28 heteroatoms. The summed E-state index contributed by atoms with van der Waals surface area (Å²) in [6, 6.07) is 46.3. The summed E-state index contributed by atoms with van der Waals surface area (Å²) in [5, 5.41) is 55.3. The third-order valence-corrected chi connectivity index (χ3v) is 18.7. The Morgan fingerprint density at radius 3 is 1.23 bits per heavy atom. The Morgan fingerprint density at radius 1 is 0.386 bits per heavy atom. The number of allylic oxidation sites excluding steroid dienone is 3. The first-order chi connectivity index (χ1) is 54.0. The fourth-order valence-electron chi connectivity index (χ4n) is 13.7. The number of fused-ring (bicyclic) bond motifs is 3. The molecule has 114 heavy (non-hydrogen) atoms. The van der Waals surface area contributed by atoms with Crippen LogP contribution in [0, 0.1) is 43.4 Å². The van der Waals surface area contributed by atoms with E-state index in [0.29, 0.717) is 23.0 Å². The summed E-state index contributed by atoms with van der Waals surface area (Å²) in [5.74, 6) is 1.03. The second-order valence-corrected chi connectivity index (χ2v) is 25.7. The average molecular weight is 1680 g/mol. The summed E-state index contributed by atoms with van der Waals surface area (Å²) in [4.78, 5) is 72.4. The zero-order valence-electron chi connectivity index (χ0n) is 63.5. The average Bonchev–Trinajstić information content (AvgIpc) is 0.773. The molecule has 5 atom stereocenters. The number of carbonyl (C=O) groups excluding carboxylic acids is 4. The van der Waals surface area contributed by atoms with Crippen molar-refractivity contribution in [1.29, 1.82) is 10.8 Å². The summed E-state index contributed by atoms with van der Waals surface area (Å²) in [6.45, 7) is 3.15. The number of aromatic nitrogens is 14. The van der Waals surface area contributed by atoms with E-state index in [-0.39, 0.29) is 124 Å². The quantitative estimate of drug-likeness (QED) is 0.0623. The molecule has 10 aromatic rings. The van der Waals surface area contributed by atoms with Crippen molar-refractivity contribution in [2.75, 3.05) is 0 Å². The molecule has 0 aromatic carbocycles. The first kappa shape index (κ1) is 93.9. The zero-order chi connectivity index (χ0) is 75.7. The van der Waals surface area contributed by atoms with Gasteiger partial charge in [0.25, 0.3) is 0 Å². The van der Waals surface area contributed by atoms with Crippen LogP contribution in [0.25, 0.3) is 45.8 Å². The molecule has 0 bridgehead atoms. The van der Waals surface area contributed by atoms with E-state index in [1.807, 2.05) is 164 Å². The monoisotopic (exact) mass is 1680 g/mol. The molecule has 2 aliphatic heterocycles. The number of pyridine rings is 8. The maximum atomic E-state index is 11.1. The Labute approximate surface area is 717 Å². The molecule has 6 aliphatic rings. The molecule has 0 amide bonds. The maximum Gasteiger partial charge on any atom is 0.373 e. The topological polar surface area (TPSA) is 364 Å². The SMILES string of the molecule is C.C1=C2C(c3ccccn3)=NN=C(c3ccccn3)C2CCCCC1.N#N.O=C=O.O=[C-]OC1/C=C/CCCCC1.O=[C-]OC1CCCCCC2C(c3ccccn3)=NN=C(c3ccccn3)C12.[CH3-].[CH3-].[Y].[Y].c1ccc(-c2nnc(-c3ccccn3)c3c2CCCCCC3)nc1.c1ccc(-c2nnc(-c3ccccn3)nn2)nc1. The van der Waals surface area contributed by atoms with Crippen LogP contribution in [-0.2, 0) is 107 Å². The van der Waals surface area contributed by atoms with E-state index >= 15 is 0 Å². The molecular formula is C86H92N20O6Y2-4. The smallest absolute Gasteiger partial charge is 0.373 e. The Morgan fingerprint density at radius 2 is 0.763 bits per heavy atom. The van der Waals surface area contributed by atoms with Gasteiger partial charge in [0.05, 0.1) is 63.5 Å². The van der Waals surface area contributed by atoms with Gasteiger partial charge in [0.2, 0.25) is 11.6 Å². The van der Waals surface area contributed by atoms with E-state index < -0.39 is 0 Å². The molecule has 16 rings (SSSR count). The molecule has 4 aliphatic carbocycles. The predicted octanol–water partition coefficient (Wildman–Crippen LogP) is 16.1. The van der Waals surface area contributed by atoms with Gasteiger partial charge in [-0.25, -0.2) is 0 Å². The summed E-state index contributed by atoms with van der Waals surface area (Å²) in [7, 11) is 0. The van der Waals surface area contributed by atoms with Gasteiger partial charge in [-0.05, 0) is 204 Å². The molecule has 5 unspecified atom stereocenters. The van der Waals surface area contributed by atoms with Gasteiger partial charge < -0.3 is 33.9 Å². The van der Waals surface area contributed by atoms with Crippen molar-refractivity contribution in [1.82, 2.24) is 70.5 Å². The summed E-state index contributed by atoms with van der Waals surface area (Å²) in [5.41, 5.74) is 15.9. The number of hydrogen-bond donors (Lipinski definition) is 0. The van der Waals surface area contributed by atoms with Crippen LogP contribution in [0.1, 0.15) is 163 Å². The zero-order valence-corrected chi connectivity index (χ0v) is 69.2. The van der Waals surface area contributed by atoms with Crippen LogP contribution in [0.4, 0.5) is 0 Å². The van der Waals surface area contributed by atoms with Crippen molar-refractivity contribution in [3.63, 3.8) is 0 Å². The van der Waals surface area contributed by atoms with Crippen molar-refractivity contribution in [2.45, 2.75) is 154 Å². The molecule has 2 radical (unpaired) electrons. The molecule has 1 saturated carbocycles. The minimum atomic E-state index is -0.289. The molecule has 1 fully saturated rings. The minimum absolute atomic E-state index is 0. The van der Waals surface area contributed by atoms with Gasteiger partial charge in [-0.15, -0.1) is 35.7 Å². The Bertz CT molecular complexity index is 4550. The predicted molar refractivity (Wildman–Crippen MR) is 428 cm³/mol. The number of nitrogens with zero attached hydrogens (tertiary/aromatic N) is 20. The van der Waals surface area contributed by atoms with Gasteiger partial charge in [0, 0.05) is 144 Å². The van der Waals surface area contributed by atoms with Crippen molar-refractivity contribution in [3.8, 4) is 45.8 Å². The fourth-order valence-corrected chi connectivity index (χ4v) is 13.7. The molecule has 0 N–H and O–H groups in total. The van der Waals surface area contributed by atoms with Crippen molar-refractivity contribution >= 4 is 41.9 Å². The van der Waals surface area contributed by atoms with E-state index in [9.17, 15) is 9.59 Å². The van der Waals surface area contributed by atoms with Crippen LogP contribution in [0.3, 0.4) is 0 Å². The molecule has 26 nitrogen and oxygen atoms in total. The first-order valence-corrected chi connectivity index (χ1v) is 36.7. The van der Waals surface area contributed by atoms with Gasteiger partial charge in [-0.1, -0.05) is 132 Å². The van der Waals surface area contributed by atoms with Crippen LogP contribution in [0.2, 0.25) is 0 Å². The van der Waals surface area contributed by atoms with Gasteiger partial charge >= 0.3 is 6.15 Å². The Kier molecular flexibility index (Phi) is 44.0. The van der Waals surface area contributed by atoms with Crippen LogP contribution < -0.4 is 0 Å². The van der Waals surface area contributed by atoms with Crippen LogP contribution in [-0.4, -0.2) is 125 Å². The summed E-state index contributed by atoms with van der Waals surface area (Å²) >= 11 is 0. The maximum absolute atomic E-state index is 11.1. The Hall–Kier alpha value is -10.7. The van der Waals surface area contributed by atoms with Crippen LogP contribution in [0.15, 0.2) is 239 Å². The number of hydrogen-bond acceptors (Lipinski definition) is 26. The van der Waals surface area contributed by atoms with E-state index in [0.717, 1.165) is 145 Å². The summed E-state index contributed by atoms with van der Waals surface area (Å²) < 4.78 is 10.2. The standard InChI is InChI=1S/C21H21N4O2.2C20H20N4.C12H8N6.C9H13O2.CO2.CH4.2CH3.N2.2Y/c26-14-27-18-11-3-1-2-8-15-19(18)21(17-10-5-7-13-23-17)25-24-20(15)16-9-4-6-12-22-16;2*1-2-4-10-16-15(9-3-1)19(17-11-5-7-13-21-17)23-24-20(16)18-12-6-8-14-22-18;1-3-7-13-9(5-1)11-15-17-12(18-16-11)10-6-2-4-8-14-10;10-8-11-9-6-4-2-1-3-5-7-9;2-1-3;;;;1-2;;/h4-7,9-10,12-13,15,18-19H,1-3,8,11H2;5-8,11-14H,1-4,9-10H2;5-9,11-14,16H,1-4,10H2;1-8H;4,6,9H,1-3,5,7H2;;1H4;2*1H3;;;/q-1;;;;-1;;;2*-1;;;/b;;;;6-4+;;;;;;;. The molecule has 12 heterocycles. The van der Waals surface area contributed by atoms with E-state index in [4.69, 9.17) is 29.8 Å². The van der Waals surface area contributed by atoms with Gasteiger partial charge in [-0.3, -0.25) is 39.9 Å². The normalized spacial score (nSPS) is 17.8. The number of ether oxygens (including phenoxy) is 2. The van der Waals surface area contributed by atoms with Crippen molar-refractivity contribution in [3.05, 3.63) is 268 Å². The minimum Gasteiger partial charge on any atom is -0.650 e. The second kappa shape index (κ2) is 53.4. The molecular weight excluding hydrogens is 1590 g/mol. The first-order valence-electron chi connectivity index (χ1n) is 36.7. The largest absolute Gasteiger partial charge is 0.650 e. The van der Waals surface area contributed by atoms with Crippen molar-refractivity contribution in [2.24, 2.45) is 38.2 Å². The number of rotatable bonds is 12. The van der Waals surface area contributed by atoms with Crippen molar-refractivity contribution < 1.29 is 94.1 Å². The molecule has 10 aromatic heterocycles. The van der Waals surface area contributed by atoms with Gasteiger partial charge in [0.15, 0.2) is 0 Å². The third-order valence-electron chi connectivity index (χ3n) is 18.7. The Balaban J connectivity index is 0.000000253. The van der Waals surface area contributed by atoms with Crippen LogP contribution >= 0.6 is 0 Å². The molecule has 582 valence electrons. The van der Waals surface area contributed by atoms with E-state index in [1.54, 1.807) is 43.4 Å². The van der Waals surface area contributed by atoms with Gasteiger partial charge in [0.1, 0.15) is 28.5 Å². The van der Waals surface area contributed by atoms with Gasteiger partial charge in [-0.2, -0.15) is 24.9 Å². The molecule has 0 spiro atoms. The molecule has 0 saturated heterocycles.